The van der Waals surface area contributed by atoms with E-state index in [4.69, 9.17) is 10.5 Å². The predicted molar refractivity (Wildman–Crippen MR) is 89.0 cm³/mol. The van der Waals surface area contributed by atoms with Gasteiger partial charge in [0, 0.05) is 6.54 Å². The zero-order valence-corrected chi connectivity index (χ0v) is 15.0. The Labute approximate surface area is 146 Å². The number of primary amides is 1. The molecule has 0 aliphatic heterocycles. The number of hydrogen-bond donors (Lipinski definition) is 3. The molecule has 0 aromatic heterocycles. The van der Waals surface area contributed by atoms with E-state index in [1.165, 1.54) is 19.1 Å². The number of ether oxygens (including phenoxy) is 1. The Balaban J connectivity index is 2.52. The number of carbonyl (C=O) groups is 3. The number of aryl methyl sites for hydroxylation is 2. The molecule has 0 radical (unpaired) electrons. The number of nitrogens with two attached hydrogens (primary N) is 1. The summed E-state index contributed by atoms with van der Waals surface area (Å²) in [7, 11) is -3.75. The van der Waals surface area contributed by atoms with Gasteiger partial charge in [-0.2, -0.15) is 0 Å². The van der Waals surface area contributed by atoms with Crippen molar-refractivity contribution in [3.05, 3.63) is 29.3 Å². The fourth-order valence-corrected chi connectivity index (χ4v) is 2.90. The molecule has 1 aromatic rings. The molecule has 1 atom stereocenters. The van der Waals surface area contributed by atoms with E-state index in [-0.39, 0.29) is 17.9 Å². The first kappa shape index (κ1) is 20.6. The number of carbonyl (C=O) groups excluding carboxylic acids is 3. The lowest BCUT2D eigenvalue weighted by molar-refractivity contribution is -0.154. The molecular weight excluding hydrogens is 350 g/mol. The molecule has 0 aliphatic carbocycles. The predicted octanol–water partition coefficient (Wildman–Crippen LogP) is 0.0984. The van der Waals surface area contributed by atoms with Crippen LogP contribution in [0.3, 0.4) is 0 Å². The minimum absolute atomic E-state index is 0.0955. The third kappa shape index (κ3) is 6.51. The zero-order chi connectivity index (χ0) is 19.2. The molecule has 1 aromatic carbocycles. The summed E-state index contributed by atoms with van der Waals surface area (Å²) >= 11 is 0. The maximum absolute atomic E-state index is 12.2. The fraction of sp³-hybridized carbons (Fsp3) is 0.400. The Morgan fingerprint density at radius 3 is 2.40 bits per heavy atom. The van der Waals surface area contributed by atoms with Crippen molar-refractivity contribution in [3.63, 3.8) is 0 Å². The van der Waals surface area contributed by atoms with E-state index in [0.29, 0.717) is 0 Å². The van der Waals surface area contributed by atoms with Crippen LogP contribution in [0.2, 0.25) is 0 Å². The number of hydrogen-bond acceptors (Lipinski definition) is 6. The van der Waals surface area contributed by atoms with Gasteiger partial charge in [-0.15, -0.1) is 0 Å². The molecule has 0 spiro atoms. The maximum atomic E-state index is 12.2. The molecule has 0 heterocycles. The van der Waals surface area contributed by atoms with Crippen LogP contribution in [-0.2, 0) is 24.3 Å². The van der Waals surface area contributed by atoms with Gasteiger partial charge in [-0.05, 0) is 44.0 Å². The third-order valence-corrected chi connectivity index (χ3v) is 4.79. The topological polar surface area (TPSA) is 145 Å². The van der Waals surface area contributed by atoms with Gasteiger partial charge in [-0.3, -0.25) is 14.9 Å². The van der Waals surface area contributed by atoms with Gasteiger partial charge < -0.3 is 10.5 Å². The number of urea groups is 1. The Kier molecular flexibility index (Phi) is 7.07. The van der Waals surface area contributed by atoms with Crippen molar-refractivity contribution in [2.45, 2.75) is 38.2 Å². The van der Waals surface area contributed by atoms with Crippen LogP contribution < -0.4 is 15.8 Å². The van der Waals surface area contributed by atoms with Crippen molar-refractivity contribution in [2.24, 2.45) is 5.73 Å². The van der Waals surface area contributed by atoms with Gasteiger partial charge in [0.05, 0.1) is 11.3 Å². The van der Waals surface area contributed by atoms with Gasteiger partial charge >= 0.3 is 12.0 Å². The van der Waals surface area contributed by atoms with Crippen molar-refractivity contribution in [2.75, 3.05) is 6.54 Å². The molecule has 0 saturated carbocycles. The fourth-order valence-electron chi connectivity index (χ4n) is 1.78. The average Bonchev–Trinajstić information content (AvgIpc) is 2.48. The highest BCUT2D eigenvalue weighted by Gasteiger charge is 2.20. The number of nitrogens with one attached hydrogen (secondary N) is 2. The minimum Gasteiger partial charge on any atom is -0.452 e. The molecule has 4 N–H and O–H groups in total. The number of sulfonamides is 1. The summed E-state index contributed by atoms with van der Waals surface area (Å²) in [4.78, 5) is 33.6. The lowest BCUT2D eigenvalue weighted by Crippen LogP contribution is -2.42. The number of benzene rings is 1. The number of esters is 1. The van der Waals surface area contributed by atoms with E-state index in [2.05, 4.69) is 4.72 Å². The summed E-state index contributed by atoms with van der Waals surface area (Å²) in [5.74, 6) is -1.66. The molecule has 0 aliphatic rings. The number of rotatable bonds is 7. The van der Waals surface area contributed by atoms with E-state index in [1.54, 1.807) is 18.3 Å². The minimum atomic E-state index is -3.75. The molecule has 0 fully saturated rings. The highest BCUT2D eigenvalue weighted by atomic mass is 32.2. The van der Waals surface area contributed by atoms with Crippen LogP contribution in [0.5, 0.6) is 0 Å². The molecule has 10 heteroatoms. The molecule has 0 unspecified atom stereocenters. The van der Waals surface area contributed by atoms with Crippen LogP contribution in [-0.4, -0.2) is 39.0 Å². The van der Waals surface area contributed by atoms with Crippen LogP contribution in [0.1, 0.15) is 24.5 Å². The maximum Gasteiger partial charge on any atom is 0.318 e. The summed E-state index contributed by atoms with van der Waals surface area (Å²) < 4.78 is 31.4. The zero-order valence-electron chi connectivity index (χ0n) is 14.2. The molecule has 0 saturated heterocycles. The molecule has 9 nitrogen and oxygen atoms in total. The second-order valence-electron chi connectivity index (χ2n) is 5.38. The lowest BCUT2D eigenvalue weighted by Gasteiger charge is -2.12. The van der Waals surface area contributed by atoms with Gasteiger partial charge in [0.25, 0.3) is 5.91 Å². The number of imide groups is 1. The summed E-state index contributed by atoms with van der Waals surface area (Å²) in [5, 5.41) is 1.77. The van der Waals surface area contributed by atoms with Crippen molar-refractivity contribution < 1.29 is 27.5 Å². The Morgan fingerprint density at radius 1 is 1.20 bits per heavy atom. The van der Waals surface area contributed by atoms with Gasteiger partial charge in [0.1, 0.15) is 0 Å². The van der Waals surface area contributed by atoms with Gasteiger partial charge in [0.15, 0.2) is 6.10 Å². The van der Waals surface area contributed by atoms with E-state index in [1.807, 2.05) is 6.92 Å². The quantitative estimate of drug-likeness (QED) is 0.580. The van der Waals surface area contributed by atoms with Gasteiger partial charge in [-0.25, -0.2) is 17.9 Å². The van der Waals surface area contributed by atoms with Crippen molar-refractivity contribution in [1.29, 1.82) is 0 Å². The van der Waals surface area contributed by atoms with Crippen molar-refractivity contribution in [3.8, 4) is 0 Å². The largest absolute Gasteiger partial charge is 0.452 e. The Bertz CT molecular complexity index is 775. The average molecular weight is 371 g/mol. The van der Waals surface area contributed by atoms with Crippen LogP contribution in [0.25, 0.3) is 0 Å². The van der Waals surface area contributed by atoms with E-state index >= 15 is 0 Å². The summed E-state index contributed by atoms with van der Waals surface area (Å²) in [6.07, 6.45) is -1.51. The number of amides is 3. The van der Waals surface area contributed by atoms with Gasteiger partial charge in [0.2, 0.25) is 10.0 Å². The van der Waals surface area contributed by atoms with Crippen LogP contribution in [0.15, 0.2) is 23.1 Å². The first-order valence-corrected chi connectivity index (χ1v) is 8.88. The Morgan fingerprint density at radius 2 is 1.84 bits per heavy atom. The van der Waals surface area contributed by atoms with E-state index < -0.39 is 34.0 Å². The Hall–Kier alpha value is -2.46. The molecular formula is C15H21N3O6S. The van der Waals surface area contributed by atoms with Crippen LogP contribution in [0, 0.1) is 13.8 Å². The van der Waals surface area contributed by atoms with E-state index in [0.717, 1.165) is 11.1 Å². The summed E-state index contributed by atoms with van der Waals surface area (Å²) in [5.41, 5.74) is 6.57. The normalized spacial score (nSPS) is 12.3. The first-order valence-electron chi connectivity index (χ1n) is 7.39. The summed E-state index contributed by atoms with van der Waals surface area (Å²) in [6.45, 7) is 4.72. The van der Waals surface area contributed by atoms with Crippen molar-refractivity contribution >= 4 is 27.9 Å². The molecule has 3 amide bonds. The van der Waals surface area contributed by atoms with Gasteiger partial charge in [-0.1, -0.05) is 6.07 Å². The van der Waals surface area contributed by atoms with Crippen LogP contribution in [0.4, 0.5) is 4.79 Å². The molecule has 1 rings (SSSR count). The first-order chi connectivity index (χ1) is 11.5. The highest BCUT2D eigenvalue weighted by Crippen LogP contribution is 2.14. The smallest absolute Gasteiger partial charge is 0.318 e. The lowest BCUT2D eigenvalue weighted by atomic mass is 10.1. The standard InChI is InChI=1S/C15H21N3O6S/c1-9-4-5-12(8-10(9)2)25(22,23)17-7-6-13(19)24-11(3)14(20)18-15(16)21/h4-5,8,11,17H,6-7H2,1-3H3,(H3,16,18,20,21)/t11-/m0/s1. The van der Waals surface area contributed by atoms with Crippen molar-refractivity contribution in [1.82, 2.24) is 10.0 Å². The van der Waals surface area contributed by atoms with E-state index in [9.17, 15) is 22.8 Å². The monoisotopic (exact) mass is 371 g/mol. The second kappa shape index (κ2) is 8.58. The molecule has 0 bridgehead atoms. The molecule has 138 valence electrons. The van der Waals surface area contributed by atoms with Crippen LogP contribution >= 0.6 is 0 Å². The highest BCUT2D eigenvalue weighted by molar-refractivity contribution is 7.89. The summed E-state index contributed by atoms with van der Waals surface area (Å²) in [6, 6.07) is 3.64. The second-order valence-corrected chi connectivity index (χ2v) is 7.15. The third-order valence-electron chi connectivity index (χ3n) is 3.33. The molecule has 25 heavy (non-hydrogen) atoms. The SMILES string of the molecule is Cc1ccc(S(=O)(=O)NCCC(=O)O[C@@H](C)C(=O)NC(N)=O)cc1C.